The number of aromatic nitrogens is 3. The molecule has 1 fully saturated rings. The molecule has 1 aliphatic rings. The molecule has 5 nitrogen and oxygen atoms in total. The average Bonchev–Trinajstić information content (AvgIpc) is 2.63. The van der Waals surface area contributed by atoms with Gasteiger partial charge in [-0.1, -0.05) is 32.0 Å². The lowest BCUT2D eigenvalue weighted by molar-refractivity contribution is 0.442. The molecule has 1 unspecified atom stereocenters. The van der Waals surface area contributed by atoms with Gasteiger partial charge in [0.2, 0.25) is 5.95 Å². The molecule has 1 saturated heterocycles. The maximum absolute atomic E-state index is 4.75. The Kier molecular flexibility index (Phi) is 5.28. The fourth-order valence-electron chi connectivity index (χ4n) is 3.49. The molecule has 2 heterocycles. The molecule has 0 saturated carbocycles. The predicted octanol–water partition coefficient (Wildman–Crippen LogP) is 4.25. The molecular formula is C19H27N5. The van der Waals surface area contributed by atoms with Crippen LogP contribution in [0.1, 0.15) is 50.7 Å². The molecule has 0 radical (unpaired) electrons. The summed E-state index contributed by atoms with van der Waals surface area (Å²) in [4.78, 5) is 7.07. The van der Waals surface area contributed by atoms with Crippen LogP contribution in [0.15, 0.2) is 24.4 Å². The summed E-state index contributed by atoms with van der Waals surface area (Å²) in [7, 11) is 0. The van der Waals surface area contributed by atoms with Crippen molar-refractivity contribution in [2.75, 3.05) is 16.8 Å². The van der Waals surface area contributed by atoms with E-state index in [0.717, 1.165) is 36.8 Å². The summed E-state index contributed by atoms with van der Waals surface area (Å²) in [5.41, 5.74) is 3.65. The first-order valence-corrected chi connectivity index (χ1v) is 9.04. The van der Waals surface area contributed by atoms with Crippen molar-refractivity contribution < 1.29 is 0 Å². The third-order valence-electron chi connectivity index (χ3n) is 4.90. The van der Waals surface area contributed by atoms with Gasteiger partial charge >= 0.3 is 0 Å². The fourth-order valence-corrected chi connectivity index (χ4v) is 3.49. The maximum atomic E-state index is 4.75. The van der Waals surface area contributed by atoms with Gasteiger partial charge in [0.1, 0.15) is 0 Å². The molecule has 3 rings (SSSR count). The van der Waals surface area contributed by atoms with Crippen LogP contribution in [-0.2, 0) is 6.42 Å². The second-order valence-corrected chi connectivity index (χ2v) is 6.48. The van der Waals surface area contributed by atoms with E-state index in [0.29, 0.717) is 6.04 Å². The fraction of sp³-hybridized carbons (Fsp3) is 0.526. The first-order chi connectivity index (χ1) is 11.7. The van der Waals surface area contributed by atoms with E-state index in [1.807, 2.05) is 0 Å². The van der Waals surface area contributed by atoms with Gasteiger partial charge in [0, 0.05) is 18.3 Å². The number of hydrogen-bond acceptors (Lipinski definition) is 5. The molecule has 128 valence electrons. The Labute approximate surface area is 144 Å². The van der Waals surface area contributed by atoms with Crippen molar-refractivity contribution in [1.82, 2.24) is 15.2 Å². The van der Waals surface area contributed by atoms with Crippen molar-refractivity contribution in [2.45, 2.75) is 58.9 Å². The summed E-state index contributed by atoms with van der Waals surface area (Å²) in [6.07, 6.45) is 7.53. The van der Waals surface area contributed by atoms with Crippen molar-refractivity contribution in [3.05, 3.63) is 35.5 Å². The summed E-state index contributed by atoms with van der Waals surface area (Å²) in [5, 5.41) is 11.9. The molecule has 1 aromatic heterocycles. The zero-order valence-electron chi connectivity index (χ0n) is 14.9. The number of nitrogens with zero attached hydrogens (tertiary/aromatic N) is 4. The van der Waals surface area contributed by atoms with Crippen molar-refractivity contribution in [2.24, 2.45) is 0 Å². The van der Waals surface area contributed by atoms with Gasteiger partial charge in [-0.2, -0.15) is 10.1 Å². The van der Waals surface area contributed by atoms with Crippen LogP contribution >= 0.6 is 0 Å². The van der Waals surface area contributed by atoms with Crippen molar-refractivity contribution in [1.29, 1.82) is 0 Å². The molecular weight excluding hydrogens is 298 g/mol. The molecule has 0 amide bonds. The lowest BCUT2D eigenvalue weighted by atomic mass is 10.0. The van der Waals surface area contributed by atoms with Gasteiger partial charge in [-0.3, -0.25) is 0 Å². The highest BCUT2D eigenvalue weighted by molar-refractivity contribution is 5.64. The van der Waals surface area contributed by atoms with E-state index < -0.39 is 0 Å². The highest BCUT2D eigenvalue weighted by Crippen LogP contribution is 2.27. The van der Waals surface area contributed by atoms with Crippen LogP contribution in [0, 0.1) is 6.92 Å². The number of anilines is 3. The minimum absolute atomic E-state index is 0.528. The molecule has 1 aliphatic heterocycles. The van der Waals surface area contributed by atoms with Gasteiger partial charge in [0.15, 0.2) is 5.82 Å². The van der Waals surface area contributed by atoms with Gasteiger partial charge in [0.25, 0.3) is 0 Å². The first kappa shape index (κ1) is 16.7. The highest BCUT2D eigenvalue weighted by atomic mass is 15.3. The van der Waals surface area contributed by atoms with E-state index in [1.165, 1.54) is 30.4 Å². The quantitative estimate of drug-likeness (QED) is 0.890. The number of nitrogens with one attached hydrogen (secondary N) is 1. The maximum Gasteiger partial charge on any atom is 0.247 e. The van der Waals surface area contributed by atoms with Crippen LogP contribution in [0.25, 0.3) is 0 Å². The topological polar surface area (TPSA) is 53.9 Å². The number of para-hydroxylation sites is 1. The summed E-state index contributed by atoms with van der Waals surface area (Å²) >= 11 is 0. The Morgan fingerprint density at radius 3 is 2.92 bits per heavy atom. The van der Waals surface area contributed by atoms with Crippen LogP contribution in [0.4, 0.5) is 17.5 Å². The van der Waals surface area contributed by atoms with E-state index in [2.05, 4.69) is 59.4 Å². The van der Waals surface area contributed by atoms with Crippen LogP contribution in [0.2, 0.25) is 0 Å². The highest BCUT2D eigenvalue weighted by Gasteiger charge is 2.23. The smallest absolute Gasteiger partial charge is 0.247 e. The first-order valence-electron chi connectivity index (χ1n) is 9.04. The summed E-state index contributed by atoms with van der Waals surface area (Å²) in [6.45, 7) is 7.55. The SMILES string of the molecule is CCc1cccc(C)c1Nc1cnnc(N2CCCCC2CC)n1. The van der Waals surface area contributed by atoms with E-state index in [-0.39, 0.29) is 0 Å². The lowest BCUT2D eigenvalue weighted by Gasteiger charge is -2.34. The predicted molar refractivity (Wildman–Crippen MR) is 98.9 cm³/mol. The number of benzene rings is 1. The Balaban J connectivity index is 1.86. The largest absolute Gasteiger partial charge is 0.338 e. The zero-order valence-corrected chi connectivity index (χ0v) is 14.9. The Morgan fingerprint density at radius 2 is 2.12 bits per heavy atom. The number of piperidine rings is 1. The molecule has 0 bridgehead atoms. The Hall–Kier alpha value is -2.17. The molecule has 1 atom stereocenters. The van der Waals surface area contributed by atoms with E-state index in [1.54, 1.807) is 6.20 Å². The monoisotopic (exact) mass is 325 g/mol. The molecule has 2 aromatic rings. The van der Waals surface area contributed by atoms with Gasteiger partial charge in [0.05, 0.1) is 6.20 Å². The van der Waals surface area contributed by atoms with Crippen LogP contribution in [0.5, 0.6) is 0 Å². The van der Waals surface area contributed by atoms with E-state index in [4.69, 9.17) is 4.98 Å². The second-order valence-electron chi connectivity index (χ2n) is 6.48. The molecule has 1 aromatic carbocycles. The van der Waals surface area contributed by atoms with Crippen LogP contribution < -0.4 is 10.2 Å². The standard InChI is InChI=1S/C19H27N5/c1-4-15-10-8-9-14(3)18(15)21-17-13-20-23-19(22-17)24-12-7-6-11-16(24)5-2/h8-10,13,16H,4-7,11-12H2,1-3H3,(H,21,22,23). The van der Waals surface area contributed by atoms with Gasteiger partial charge < -0.3 is 10.2 Å². The van der Waals surface area contributed by atoms with Gasteiger partial charge in [-0.25, -0.2) is 0 Å². The third-order valence-corrected chi connectivity index (χ3v) is 4.90. The normalized spacial score (nSPS) is 17.8. The third kappa shape index (κ3) is 3.50. The summed E-state index contributed by atoms with van der Waals surface area (Å²) in [6, 6.07) is 6.90. The van der Waals surface area contributed by atoms with Crippen molar-refractivity contribution in [3.63, 3.8) is 0 Å². The number of hydrogen-bond donors (Lipinski definition) is 1. The summed E-state index contributed by atoms with van der Waals surface area (Å²) < 4.78 is 0. The Morgan fingerprint density at radius 1 is 1.25 bits per heavy atom. The van der Waals surface area contributed by atoms with Crippen LogP contribution in [0.3, 0.4) is 0 Å². The molecule has 24 heavy (non-hydrogen) atoms. The number of rotatable bonds is 5. The summed E-state index contributed by atoms with van der Waals surface area (Å²) in [5.74, 6) is 1.52. The van der Waals surface area contributed by atoms with Crippen molar-refractivity contribution in [3.8, 4) is 0 Å². The molecule has 0 spiro atoms. The molecule has 1 N–H and O–H groups in total. The average molecular weight is 325 g/mol. The van der Waals surface area contributed by atoms with Gasteiger partial charge in [-0.05, 0) is 50.2 Å². The second kappa shape index (κ2) is 7.60. The van der Waals surface area contributed by atoms with E-state index >= 15 is 0 Å². The lowest BCUT2D eigenvalue weighted by Crippen LogP contribution is -2.40. The minimum Gasteiger partial charge on any atom is -0.338 e. The zero-order chi connectivity index (χ0) is 16.9. The molecule has 0 aliphatic carbocycles. The Bertz CT molecular complexity index is 685. The van der Waals surface area contributed by atoms with Gasteiger partial charge in [-0.15, -0.1) is 5.10 Å². The molecule has 5 heteroatoms. The van der Waals surface area contributed by atoms with Crippen molar-refractivity contribution >= 4 is 17.5 Å². The number of aryl methyl sites for hydroxylation is 2. The minimum atomic E-state index is 0.528. The van der Waals surface area contributed by atoms with E-state index in [9.17, 15) is 0 Å². The van der Waals surface area contributed by atoms with Crippen LogP contribution in [-0.4, -0.2) is 27.8 Å².